The Hall–Kier alpha value is -2.09. The second-order valence-corrected chi connectivity index (χ2v) is 10.1. The van der Waals surface area contributed by atoms with Crippen LogP contribution in [0.25, 0.3) is 0 Å². The predicted octanol–water partition coefficient (Wildman–Crippen LogP) is 6.15. The zero-order valence-corrected chi connectivity index (χ0v) is 19.6. The number of nitrogens with one attached hydrogen (secondary N) is 1. The molecule has 188 valence electrons. The number of hydrogen-bond acceptors (Lipinski definition) is 3. The maximum Gasteiger partial charge on any atom is 0.411 e. The number of alkyl halides is 3. The highest BCUT2D eigenvalue weighted by Gasteiger charge is 2.59. The van der Waals surface area contributed by atoms with E-state index in [4.69, 9.17) is 9.47 Å². The summed E-state index contributed by atoms with van der Waals surface area (Å²) < 4.78 is 65.3. The van der Waals surface area contributed by atoms with E-state index in [1.54, 1.807) is 0 Å². The zero-order chi connectivity index (χ0) is 24.5. The molecule has 2 bridgehead atoms. The Morgan fingerprint density at radius 1 is 1.03 bits per heavy atom. The average Bonchev–Trinajstić information content (AvgIpc) is 2.86. The fourth-order valence-electron chi connectivity index (χ4n) is 5.80. The summed E-state index contributed by atoms with van der Waals surface area (Å²) in [6.45, 7) is 2.08. The van der Waals surface area contributed by atoms with E-state index >= 15 is 0 Å². The summed E-state index contributed by atoms with van der Waals surface area (Å²) in [5.74, 6) is 0.221. The van der Waals surface area contributed by atoms with Crippen LogP contribution in [0.1, 0.15) is 70.3 Å². The molecule has 8 heteroatoms. The monoisotopic (exact) mass is 483 g/mol. The van der Waals surface area contributed by atoms with Crippen molar-refractivity contribution in [3.8, 4) is 5.75 Å². The lowest BCUT2D eigenvalue weighted by molar-refractivity contribution is -0.219. The maximum atomic E-state index is 13.9. The molecular weight excluding hydrogens is 450 g/mol. The van der Waals surface area contributed by atoms with E-state index in [-0.39, 0.29) is 38.1 Å². The van der Waals surface area contributed by atoms with Crippen LogP contribution in [0.5, 0.6) is 5.75 Å². The van der Waals surface area contributed by atoms with Gasteiger partial charge in [0.15, 0.2) is 0 Å². The van der Waals surface area contributed by atoms with Gasteiger partial charge in [0, 0.05) is 31.5 Å². The molecule has 5 rings (SSSR count). The van der Waals surface area contributed by atoms with Crippen molar-refractivity contribution in [2.45, 2.75) is 81.8 Å². The third-order valence-electron chi connectivity index (χ3n) is 8.47. The standard InChI is InChI=1S/C26H33F4NO3/c1-2-19(17-27)18-34-21-5-3-20(4-6-21)23-7-10-24(11-8-23,12-9-23)22(32)31-25(26(28,29)30)13-15-33-16-14-25/h3-6,17H,2,7-16,18H2,1H3,(H,31,32)/b19-17+. The molecule has 0 atom stereocenters. The van der Waals surface area contributed by atoms with Crippen molar-refractivity contribution in [3.05, 3.63) is 41.7 Å². The van der Waals surface area contributed by atoms with E-state index in [1.165, 1.54) is 5.56 Å². The normalized spacial score (nSPS) is 29.0. The van der Waals surface area contributed by atoms with Gasteiger partial charge >= 0.3 is 6.18 Å². The van der Waals surface area contributed by atoms with E-state index in [0.717, 1.165) is 19.3 Å². The SMILES string of the molecule is CC/C(=C\F)COc1ccc(C23CCC(C(=O)NC4(C(F)(F)F)CCOCC4)(CC2)CC3)cc1. The molecule has 4 fully saturated rings. The van der Waals surface area contributed by atoms with Crippen molar-refractivity contribution >= 4 is 5.91 Å². The highest BCUT2D eigenvalue weighted by Crippen LogP contribution is 2.58. The Bertz CT molecular complexity index is 879. The molecule has 0 unspecified atom stereocenters. The van der Waals surface area contributed by atoms with E-state index in [0.29, 0.717) is 43.3 Å². The Balaban J connectivity index is 1.41. The molecule has 0 spiro atoms. The van der Waals surface area contributed by atoms with Gasteiger partial charge in [0.05, 0.1) is 6.33 Å². The first-order valence-electron chi connectivity index (χ1n) is 12.2. The third kappa shape index (κ3) is 4.58. The number of amides is 1. The maximum absolute atomic E-state index is 13.9. The van der Waals surface area contributed by atoms with Crippen LogP contribution in [-0.4, -0.2) is 37.4 Å². The number of rotatable bonds is 7. The van der Waals surface area contributed by atoms with Gasteiger partial charge in [-0.25, -0.2) is 4.39 Å². The molecule has 34 heavy (non-hydrogen) atoms. The Kier molecular flexibility index (Phi) is 7.00. The van der Waals surface area contributed by atoms with E-state index in [2.05, 4.69) is 5.32 Å². The molecule has 4 nitrogen and oxygen atoms in total. The van der Waals surface area contributed by atoms with Crippen LogP contribution in [0, 0.1) is 5.41 Å². The average molecular weight is 484 g/mol. The first-order valence-corrected chi connectivity index (χ1v) is 12.2. The second kappa shape index (κ2) is 9.51. The number of ether oxygens (including phenoxy) is 2. The molecule has 1 aromatic carbocycles. The molecular formula is C26H33F4NO3. The first kappa shape index (κ1) is 25.0. The minimum absolute atomic E-state index is 0.000563. The van der Waals surface area contributed by atoms with E-state index in [9.17, 15) is 22.4 Å². The van der Waals surface area contributed by atoms with Gasteiger partial charge in [0.1, 0.15) is 17.9 Å². The number of benzene rings is 1. The fourth-order valence-corrected chi connectivity index (χ4v) is 5.80. The van der Waals surface area contributed by atoms with Crippen molar-refractivity contribution in [1.82, 2.24) is 5.32 Å². The van der Waals surface area contributed by atoms with Crippen LogP contribution in [-0.2, 0) is 14.9 Å². The van der Waals surface area contributed by atoms with Crippen LogP contribution in [0.3, 0.4) is 0 Å². The molecule has 1 aliphatic heterocycles. The number of halogens is 4. The van der Waals surface area contributed by atoms with Gasteiger partial charge in [0.2, 0.25) is 5.91 Å². The minimum Gasteiger partial charge on any atom is -0.489 e. The quantitative estimate of drug-likeness (QED) is 0.474. The van der Waals surface area contributed by atoms with Gasteiger partial charge in [-0.15, -0.1) is 0 Å². The molecule has 4 aliphatic rings. The molecule has 1 aromatic rings. The van der Waals surface area contributed by atoms with Gasteiger partial charge in [0.25, 0.3) is 0 Å². The molecule has 3 aliphatic carbocycles. The number of fused-ring (bicyclic) bond motifs is 3. The summed E-state index contributed by atoms with van der Waals surface area (Å²) in [4.78, 5) is 13.3. The fraction of sp³-hybridized carbons (Fsp3) is 0.654. The molecule has 1 N–H and O–H groups in total. The van der Waals surface area contributed by atoms with Crippen molar-refractivity contribution < 1.29 is 31.8 Å². The van der Waals surface area contributed by atoms with Crippen molar-refractivity contribution in [3.63, 3.8) is 0 Å². The Morgan fingerprint density at radius 2 is 1.62 bits per heavy atom. The van der Waals surface area contributed by atoms with Crippen LogP contribution >= 0.6 is 0 Å². The summed E-state index contributed by atoms with van der Waals surface area (Å²) in [7, 11) is 0. The van der Waals surface area contributed by atoms with Crippen molar-refractivity contribution in [2.75, 3.05) is 19.8 Å². The van der Waals surface area contributed by atoms with Gasteiger partial charge in [-0.2, -0.15) is 13.2 Å². The lowest BCUT2D eigenvalue weighted by Crippen LogP contribution is -2.65. The van der Waals surface area contributed by atoms with E-state index in [1.807, 2.05) is 31.2 Å². The third-order valence-corrected chi connectivity index (χ3v) is 8.47. The highest BCUT2D eigenvalue weighted by atomic mass is 19.4. The van der Waals surface area contributed by atoms with E-state index < -0.39 is 23.0 Å². The molecule has 1 amide bonds. The van der Waals surface area contributed by atoms with Crippen molar-refractivity contribution in [1.29, 1.82) is 0 Å². The first-order chi connectivity index (χ1) is 16.2. The Morgan fingerprint density at radius 3 is 2.12 bits per heavy atom. The highest BCUT2D eigenvalue weighted by molar-refractivity contribution is 5.84. The van der Waals surface area contributed by atoms with Gasteiger partial charge in [-0.05, 0) is 73.6 Å². The van der Waals surface area contributed by atoms with Crippen molar-refractivity contribution in [2.24, 2.45) is 5.41 Å². The molecule has 1 heterocycles. The summed E-state index contributed by atoms with van der Waals surface area (Å²) in [5.41, 5.74) is -1.22. The van der Waals surface area contributed by atoms with Gasteiger partial charge in [-0.1, -0.05) is 19.1 Å². The smallest absolute Gasteiger partial charge is 0.411 e. The summed E-state index contributed by atoms with van der Waals surface area (Å²) in [6, 6.07) is 7.83. The lowest BCUT2D eigenvalue weighted by Gasteiger charge is -2.54. The summed E-state index contributed by atoms with van der Waals surface area (Å²) in [6.07, 6.45) is 0.262. The van der Waals surface area contributed by atoms with Gasteiger partial charge < -0.3 is 14.8 Å². The van der Waals surface area contributed by atoms with Crippen LogP contribution in [0.2, 0.25) is 0 Å². The predicted molar refractivity (Wildman–Crippen MR) is 120 cm³/mol. The van der Waals surface area contributed by atoms with Crippen LogP contribution in [0.15, 0.2) is 36.2 Å². The second-order valence-electron chi connectivity index (χ2n) is 10.1. The topological polar surface area (TPSA) is 47.6 Å². The number of carbonyl (C=O) groups excluding carboxylic acids is 1. The largest absolute Gasteiger partial charge is 0.489 e. The van der Waals surface area contributed by atoms with Gasteiger partial charge in [-0.3, -0.25) is 4.79 Å². The molecule has 0 aromatic heterocycles. The minimum atomic E-state index is -4.50. The number of hydrogen-bond donors (Lipinski definition) is 1. The molecule has 0 radical (unpaired) electrons. The molecule has 1 saturated heterocycles. The Labute approximate surface area is 198 Å². The zero-order valence-electron chi connectivity index (χ0n) is 19.6. The number of carbonyl (C=O) groups is 1. The summed E-state index contributed by atoms with van der Waals surface area (Å²) >= 11 is 0. The summed E-state index contributed by atoms with van der Waals surface area (Å²) in [5, 5.41) is 2.46. The molecule has 3 saturated carbocycles. The van der Waals surface area contributed by atoms with Crippen LogP contribution < -0.4 is 10.1 Å². The van der Waals surface area contributed by atoms with Crippen LogP contribution in [0.4, 0.5) is 17.6 Å². The lowest BCUT2D eigenvalue weighted by atomic mass is 9.51.